The van der Waals surface area contributed by atoms with Crippen LogP contribution in [-0.4, -0.2) is 10.1 Å². The fraction of sp³-hybridized carbons (Fsp3) is 0.267. The normalized spacial score (nSPS) is 12.3. The predicted molar refractivity (Wildman–Crippen MR) is 72.3 cm³/mol. The van der Waals surface area contributed by atoms with E-state index in [1.54, 1.807) is 12.1 Å². The summed E-state index contributed by atoms with van der Waals surface area (Å²) in [6, 6.07) is 13.9. The van der Waals surface area contributed by atoms with E-state index in [9.17, 15) is 5.11 Å². The number of hydrogen-bond acceptors (Lipinski definition) is 3. The van der Waals surface area contributed by atoms with Crippen molar-refractivity contribution in [2.45, 2.75) is 26.4 Å². The number of nitrogens with one attached hydrogen (secondary N) is 1. The molecule has 18 heavy (non-hydrogen) atoms. The van der Waals surface area contributed by atoms with E-state index < -0.39 is 0 Å². The lowest BCUT2D eigenvalue weighted by Crippen LogP contribution is -2.18. The van der Waals surface area contributed by atoms with Crippen molar-refractivity contribution in [1.82, 2.24) is 10.3 Å². The summed E-state index contributed by atoms with van der Waals surface area (Å²) in [5.74, 6) is 0.244. The van der Waals surface area contributed by atoms with Gasteiger partial charge in [0, 0.05) is 18.3 Å². The van der Waals surface area contributed by atoms with Crippen molar-refractivity contribution in [2.24, 2.45) is 0 Å². The summed E-state index contributed by atoms with van der Waals surface area (Å²) >= 11 is 0. The third-order valence-electron chi connectivity index (χ3n) is 2.96. The van der Waals surface area contributed by atoms with Crippen LogP contribution in [0.5, 0.6) is 5.75 Å². The number of hydrogen-bond donors (Lipinski definition) is 2. The average Bonchev–Trinajstić information content (AvgIpc) is 2.40. The molecule has 0 aliphatic carbocycles. The number of rotatable bonds is 4. The van der Waals surface area contributed by atoms with Gasteiger partial charge in [0.15, 0.2) is 0 Å². The highest BCUT2D eigenvalue weighted by molar-refractivity contribution is 5.27. The molecule has 2 aromatic rings. The second-order valence-electron chi connectivity index (χ2n) is 4.43. The first-order valence-electron chi connectivity index (χ1n) is 6.10. The largest absolute Gasteiger partial charge is 0.506 e. The lowest BCUT2D eigenvalue weighted by atomic mass is 10.1. The average molecular weight is 242 g/mol. The minimum absolute atomic E-state index is 0.230. The molecule has 0 saturated carbocycles. The highest BCUT2D eigenvalue weighted by atomic mass is 16.3. The molecule has 1 heterocycles. The van der Waals surface area contributed by atoms with Gasteiger partial charge in [-0.2, -0.15) is 0 Å². The van der Waals surface area contributed by atoms with Crippen molar-refractivity contribution >= 4 is 0 Å². The monoisotopic (exact) mass is 242 g/mol. The van der Waals surface area contributed by atoms with Crippen LogP contribution < -0.4 is 5.32 Å². The summed E-state index contributed by atoms with van der Waals surface area (Å²) in [6.07, 6.45) is 0. The van der Waals surface area contributed by atoms with E-state index in [0.717, 1.165) is 5.69 Å². The van der Waals surface area contributed by atoms with Crippen LogP contribution in [0.1, 0.15) is 29.9 Å². The Bertz CT molecular complexity index is 511. The summed E-state index contributed by atoms with van der Waals surface area (Å²) in [5.41, 5.74) is 2.83. The van der Waals surface area contributed by atoms with Crippen LogP contribution in [0, 0.1) is 6.92 Å². The second-order valence-corrected chi connectivity index (χ2v) is 4.43. The van der Waals surface area contributed by atoms with Gasteiger partial charge in [0.2, 0.25) is 0 Å². The molecule has 2 N–H and O–H groups in total. The number of benzene rings is 1. The van der Waals surface area contributed by atoms with Crippen molar-refractivity contribution < 1.29 is 5.11 Å². The molecule has 0 saturated heterocycles. The second kappa shape index (κ2) is 5.65. The van der Waals surface area contributed by atoms with Gasteiger partial charge in [-0.05, 0) is 31.5 Å². The van der Waals surface area contributed by atoms with Crippen LogP contribution in [0.3, 0.4) is 0 Å². The molecule has 0 fully saturated rings. The molecule has 1 atom stereocenters. The topological polar surface area (TPSA) is 45.1 Å². The third kappa shape index (κ3) is 3.08. The SMILES string of the molecule is Cc1ccc(O)c(CN[C@H](C)c2ccccc2)n1. The molecule has 0 radical (unpaired) electrons. The fourth-order valence-corrected chi connectivity index (χ4v) is 1.84. The van der Waals surface area contributed by atoms with Crippen LogP contribution in [0.2, 0.25) is 0 Å². The summed E-state index contributed by atoms with van der Waals surface area (Å²) in [5, 5.41) is 13.1. The fourth-order valence-electron chi connectivity index (χ4n) is 1.84. The highest BCUT2D eigenvalue weighted by Gasteiger charge is 2.07. The van der Waals surface area contributed by atoms with Crippen LogP contribution in [-0.2, 0) is 6.54 Å². The summed E-state index contributed by atoms with van der Waals surface area (Å²) in [7, 11) is 0. The first-order chi connectivity index (χ1) is 8.66. The van der Waals surface area contributed by atoms with Gasteiger partial charge in [0.1, 0.15) is 5.75 Å². The standard InChI is InChI=1S/C15H18N2O/c1-11-8-9-15(18)14(17-11)10-16-12(2)13-6-4-3-5-7-13/h3-9,12,16,18H,10H2,1-2H3/t12-/m1/s1. The Morgan fingerprint density at radius 3 is 2.61 bits per heavy atom. The Balaban J connectivity index is 2.01. The lowest BCUT2D eigenvalue weighted by molar-refractivity contribution is 0.454. The first-order valence-corrected chi connectivity index (χ1v) is 6.10. The van der Waals surface area contributed by atoms with Gasteiger partial charge in [-0.1, -0.05) is 30.3 Å². The smallest absolute Gasteiger partial charge is 0.138 e. The van der Waals surface area contributed by atoms with Crippen LogP contribution >= 0.6 is 0 Å². The molecule has 1 aromatic carbocycles. The van der Waals surface area contributed by atoms with Crippen molar-refractivity contribution in [1.29, 1.82) is 0 Å². The quantitative estimate of drug-likeness (QED) is 0.866. The number of pyridine rings is 1. The van der Waals surface area contributed by atoms with Gasteiger partial charge in [-0.15, -0.1) is 0 Å². The maximum absolute atomic E-state index is 9.72. The summed E-state index contributed by atoms with van der Waals surface area (Å²) < 4.78 is 0. The molecule has 3 nitrogen and oxygen atoms in total. The third-order valence-corrected chi connectivity index (χ3v) is 2.96. The molecule has 2 rings (SSSR count). The molecule has 1 aromatic heterocycles. The maximum atomic E-state index is 9.72. The van der Waals surface area contributed by atoms with Crippen molar-refractivity contribution in [3.05, 3.63) is 59.4 Å². The summed E-state index contributed by atoms with van der Waals surface area (Å²) in [6.45, 7) is 4.58. The molecule has 0 spiro atoms. The van der Waals surface area contributed by atoms with Crippen LogP contribution in [0.25, 0.3) is 0 Å². The minimum atomic E-state index is 0.230. The molecule has 0 bridgehead atoms. The Hall–Kier alpha value is -1.87. The van der Waals surface area contributed by atoms with Crippen LogP contribution in [0.15, 0.2) is 42.5 Å². The van der Waals surface area contributed by atoms with Gasteiger partial charge in [-0.3, -0.25) is 4.98 Å². The highest BCUT2D eigenvalue weighted by Crippen LogP contribution is 2.17. The van der Waals surface area contributed by atoms with Gasteiger partial charge >= 0.3 is 0 Å². The molecule has 94 valence electrons. The van der Waals surface area contributed by atoms with E-state index in [2.05, 4.69) is 29.4 Å². The van der Waals surface area contributed by atoms with Gasteiger partial charge in [-0.25, -0.2) is 0 Å². The van der Waals surface area contributed by atoms with E-state index in [4.69, 9.17) is 0 Å². The molecule has 0 amide bonds. The molecule has 3 heteroatoms. The zero-order valence-electron chi connectivity index (χ0n) is 10.7. The van der Waals surface area contributed by atoms with E-state index in [1.807, 2.05) is 25.1 Å². The Labute approximate surface area is 108 Å². The zero-order valence-corrected chi connectivity index (χ0v) is 10.7. The first kappa shape index (κ1) is 12.6. The Morgan fingerprint density at radius 1 is 1.17 bits per heavy atom. The summed E-state index contributed by atoms with van der Waals surface area (Å²) in [4.78, 5) is 4.33. The maximum Gasteiger partial charge on any atom is 0.138 e. The van der Waals surface area contributed by atoms with E-state index in [1.165, 1.54) is 5.56 Å². The van der Waals surface area contributed by atoms with E-state index in [0.29, 0.717) is 12.2 Å². The number of aromatic hydroxyl groups is 1. The zero-order chi connectivity index (χ0) is 13.0. The Morgan fingerprint density at radius 2 is 1.89 bits per heavy atom. The predicted octanol–water partition coefficient (Wildman–Crippen LogP) is 2.95. The number of aromatic nitrogens is 1. The molecule has 0 aliphatic rings. The number of nitrogens with zero attached hydrogens (tertiary/aromatic N) is 1. The molecular weight excluding hydrogens is 224 g/mol. The Kier molecular flexibility index (Phi) is 3.95. The molecular formula is C15H18N2O. The van der Waals surface area contributed by atoms with E-state index >= 15 is 0 Å². The van der Waals surface area contributed by atoms with Crippen molar-refractivity contribution in [2.75, 3.05) is 0 Å². The van der Waals surface area contributed by atoms with Crippen molar-refractivity contribution in [3.8, 4) is 5.75 Å². The van der Waals surface area contributed by atoms with Gasteiger partial charge < -0.3 is 10.4 Å². The van der Waals surface area contributed by atoms with E-state index in [-0.39, 0.29) is 11.8 Å². The van der Waals surface area contributed by atoms with Gasteiger partial charge in [0.25, 0.3) is 0 Å². The molecule has 0 unspecified atom stereocenters. The van der Waals surface area contributed by atoms with Crippen LogP contribution in [0.4, 0.5) is 0 Å². The lowest BCUT2D eigenvalue weighted by Gasteiger charge is -2.14. The van der Waals surface area contributed by atoms with Gasteiger partial charge in [0.05, 0.1) is 5.69 Å². The minimum Gasteiger partial charge on any atom is -0.506 e. The molecule has 0 aliphatic heterocycles. The number of aryl methyl sites for hydroxylation is 1. The van der Waals surface area contributed by atoms with Crippen molar-refractivity contribution in [3.63, 3.8) is 0 Å².